The van der Waals surface area contributed by atoms with E-state index in [0.29, 0.717) is 12.1 Å². The molecule has 0 aliphatic rings. The molecule has 2 N–H and O–H groups in total. The first-order valence-electron chi connectivity index (χ1n) is 6.42. The van der Waals surface area contributed by atoms with Crippen molar-refractivity contribution in [2.45, 2.75) is 13.3 Å². The summed E-state index contributed by atoms with van der Waals surface area (Å²) >= 11 is 0. The molecule has 20 heavy (non-hydrogen) atoms. The predicted octanol–water partition coefficient (Wildman–Crippen LogP) is 3.45. The van der Waals surface area contributed by atoms with Crippen LogP contribution < -0.4 is 10.5 Å². The van der Waals surface area contributed by atoms with E-state index in [4.69, 9.17) is 10.5 Å². The zero-order chi connectivity index (χ0) is 14.4. The Morgan fingerprint density at radius 3 is 2.25 bits per heavy atom. The van der Waals surface area contributed by atoms with Gasteiger partial charge >= 0.3 is 0 Å². The molecule has 0 bridgehead atoms. The van der Waals surface area contributed by atoms with Crippen LogP contribution in [0.15, 0.2) is 66.4 Å². The maximum absolute atomic E-state index is 11.6. The summed E-state index contributed by atoms with van der Waals surface area (Å²) in [7, 11) is 0. The van der Waals surface area contributed by atoms with Crippen LogP contribution in [0.3, 0.4) is 0 Å². The van der Waals surface area contributed by atoms with Crippen LogP contribution in [0.4, 0.5) is 0 Å². The topological polar surface area (TPSA) is 52.3 Å². The van der Waals surface area contributed by atoms with Gasteiger partial charge in [0.2, 0.25) is 0 Å². The molecule has 0 amide bonds. The molecule has 0 aromatic heterocycles. The Balaban J connectivity index is 2.00. The molecule has 0 spiro atoms. The first kappa shape index (κ1) is 13.9. The van der Waals surface area contributed by atoms with Crippen molar-refractivity contribution < 1.29 is 9.53 Å². The van der Waals surface area contributed by atoms with Crippen LogP contribution in [0.1, 0.15) is 12.5 Å². The van der Waals surface area contributed by atoms with Gasteiger partial charge in [-0.15, -0.1) is 0 Å². The SMILES string of the molecule is C/C(N)=C/C(=O)Cc1ccc(Oc2ccccc2)cc1. The van der Waals surface area contributed by atoms with Crippen molar-refractivity contribution in [3.8, 4) is 11.5 Å². The first-order chi connectivity index (χ1) is 9.63. The molecule has 0 atom stereocenters. The number of nitrogens with two attached hydrogens (primary N) is 1. The second kappa shape index (κ2) is 6.57. The second-order valence-electron chi connectivity index (χ2n) is 4.59. The Hall–Kier alpha value is -2.55. The lowest BCUT2D eigenvalue weighted by atomic mass is 10.1. The van der Waals surface area contributed by atoms with Crippen LogP contribution in [0.5, 0.6) is 11.5 Å². The summed E-state index contributed by atoms with van der Waals surface area (Å²) in [6.45, 7) is 1.70. The minimum absolute atomic E-state index is 0.00160. The molecule has 0 unspecified atom stereocenters. The molecular formula is C17H17NO2. The van der Waals surface area contributed by atoms with E-state index < -0.39 is 0 Å². The molecule has 2 aromatic carbocycles. The number of hydrogen-bond donors (Lipinski definition) is 1. The number of para-hydroxylation sites is 1. The maximum Gasteiger partial charge on any atom is 0.161 e. The zero-order valence-corrected chi connectivity index (χ0v) is 11.4. The van der Waals surface area contributed by atoms with E-state index in [1.165, 1.54) is 6.08 Å². The van der Waals surface area contributed by atoms with Gasteiger partial charge < -0.3 is 10.5 Å². The molecule has 0 aliphatic heterocycles. The Morgan fingerprint density at radius 2 is 1.65 bits per heavy atom. The largest absolute Gasteiger partial charge is 0.457 e. The Bertz CT molecular complexity index is 597. The van der Waals surface area contributed by atoms with E-state index >= 15 is 0 Å². The summed E-state index contributed by atoms with van der Waals surface area (Å²) in [5, 5.41) is 0. The standard InChI is InChI=1S/C17H17NO2/c1-13(18)11-15(19)12-14-7-9-17(10-8-14)20-16-5-3-2-4-6-16/h2-11H,12,18H2,1H3/b13-11-. The third kappa shape index (κ3) is 4.28. The fourth-order valence-electron chi connectivity index (χ4n) is 1.81. The van der Waals surface area contributed by atoms with E-state index in [0.717, 1.165) is 17.1 Å². The molecule has 0 saturated heterocycles. The molecule has 0 heterocycles. The van der Waals surface area contributed by atoms with Crippen molar-refractivity contribution in [1.82, 2.24) is 0 Å². The van der Waals surface area contributed by atoms with Crippen molar-refractivity contribution in [2.75, 3.05) is 0 Å². The molecule has 0 aliphatic carbocycles. The fraction of sp³-hybridized carbons (Fsp3) is 0.118. The number of carbonyl (C=O) groups is 1. The normalized spacial score (nSPS) is 11.2. The van der Waals surface area contributed by atoms with Crippen molar-refractivity contribution in [3.05, 3.63) is 71.9 Å². The van der Waals surface area contributed by atoms with E-state index in [1.807, 2.05) is 54.6 Å². The highest BCUT2D eigenvalue weighted by atomic mass is 16.5. The minimum atomic E-state index is 0.00160. The lowest BCUT2D eigenvalue weighted by molar-refractivity contribution is -0.114. The van der Waals surface area contributed by atoms with Crippen molar-refractivity contribution in [2.24, 2.45) is 5.73 Å². The van der Waals surface area contributed by atoms with Crippen LogP contribution in [0, 0.1) is 0 Å². The number of ether oxygens (including phenoxy) is 1. The summed E-state index contributed by atoms with van der Waals surface area (Å²) in [5.74, 6) is 1.54. The van der Waals surface area contributed by atoms with Gasteiger partial charge in [0.05, 0.1) is 0 Å². The average molecular weight is 267 g/mol. The van der Waals surface area contributed by atoms with Gasteiger partial charge in [0.25, 0.3) is 0 Å². The van der Waals surface area contributed by atoms with Gasteiger partial charge in [-0.2, -0.15) is 0 Å². The van der Waals surface area contributed by atoms with E-state index in [2.05, 4.69) is 0 Å². The number of allylic oxidation sites excluding steroid dienone is 2. The highest BCUT2D eigenvalue weighted by Crippen LogP contribution is 2.21. The van der Waals surface area contributed by atoms with Gasteiger partial charge in [0, 0.05) is 12.1 Å². The molecule has 0 saturated carbocycles. The highest BCUT2D eigenvalue weighted by Gasteiger charge is 2.02. The van der Waals surface area contributed by atoms with E-state index in [-0.39, 0.29) is 5.78 Å². The molecule has 102 valence electrons. The number of ketones is 1. The van der Waals surface area contributed by atoms with E-state index in [1.54, 1.807) is 6.92 Å². The second-order valence-corrected chi connectivity index (χ2v) is 4.59. The summed E-state index contributed by atoms with van der Waals surface area (Å²) in [5.41, 5.74) is 6.94. The number of carbonyl (C=O) groups excluding carboxylic acids is 1. The fourth-order valence-corrected chi connectivity index (χ4v) is 1.81. The summed E-state index contributed by atoms with van der Waals surface area (Å²) < 4.78 is 5.69. The molecule has 0 radical (unpaired) electrons. The molecule has 2 aromatic rings. The van der Waals surface area contributed by atoms with Gasteiger partial charge in [-0.05, 0) is 42.8 Å². The van der Waals surface area contributed by atoms with Crippen LogP contribution in [-0.4, -0.2) is 5.78 Å². The first-order valence-corrected chi connectivity index (χ1v) is 6.42. The smallest absolute Gasteiger partial charge is 0.161 e. The lowest BCUT2D eigenvalue weighted by Gasteiger charge is -2.06. The molecule has 3 nitrogen and oxygen atoms in total. The zero-order valence-electron chi connectivity index (χ0n) is 11.4. The van der Waals surface area contributed by atoms with Crippen LogP contribution in [-0.2, 0) is 11.2 Å². The number of benzene rings is 2. The molecular weight excluding hydrogens is 250 g/mol. The highest BCUT2D eigenvalue weighted by molar-refractivity contribution is 5.91. The van der Waals surface area contributed by atoms with Gasteiger partial charge in [-0.1, -0.05) is 30.3 Å². The van der Waals surface area contributed by atoms with Crippen molar-refractivity contribution in [3.63, 3.8) is 0 Å². The van der Waals surface area contributed by atoms with E-state index in [9.17, 15) is 4.79 Å². The summed E-state index contributed by atoms with van der Waals surface area (Å²) in [6.07, 6.45) is 1.80. The van der Waals surface area contributed by atoms with Crippen LogP contribution in [0.25, 0.3) is 0 Å². The van der Waals surface area contributed by atoms with Crippen molar-refractivity contribution >= 4 is 5.78 Å². The van der Waals surface area contributed by atoms with Gasteiger partial charge in [-0.3, -0.25) is 4.79 Å². The Labute approximate surface area is 118 Å². The van der Waals surface area contributed by atoms with Gasteiger partial charge in [0.1, 0.15) is 11.5 Å². The molecule has 2 rings (SSSR count). The molecule has 3 heteroatoms. The molecule has 0 fully saturated rings. The number of hydrogen-bond acceptors (Lipinski definition) is 3. The summed E-state index contributed by atoms with van der Waals surface area (Å²) in [4.78, 5) is 11.6. The maximum atomic E-state index is 11.6. The van der Waals surface area contributed by atoms with Crippen molar-refractivity contribution in [1.29, 1.82) is 0 Å². The summed E-state index contributed by atoms with van der Waals surface area (Å²) in [6, 6.07) is 17.1. The van der Waals surface area contributed by atoms with Gasteiger partial charge in [0.15, 0.2) is 5.78 Å². The van der Waals surface area contributed by atoms with Crippen LogP contribution >= 0.6 is 0 Å². The predicted molar refractivity (Wildman–Crippen MR) is 79.6 cm³/mol. The third-order valence-electron chi connectivity index (χ3n) is 2.67. The monoisotopic (exact) mass is 267 g/mol. The minimum Gasteiger partial charge on any atom is -0.457 e. The third-order valence-corrected chi connectivity index (χ3v) is 2.67. The Kier molecular flexibility index (Phi) is 4.56. The van der Waals surface area contributed by atoms with Crippen LogP contribution in [0.2, 0.25) is 0 Å². The average Bonchev–Trinajstić information content (AvgIpc) is 2.41. The lowest BCUT2D eigenvalue weighted by Crippen LogP contribution is -2.02. The number of rotatable bonds is 5. The van der Waals surface area contributed by atoms with Gasteiger partial charge in [-0.25, -0.2) is 0 Å². The Morgan fingerprint density at radius 1 is 1.05 bits per heavy atom. The quantitative estimate of drug-likeness (QED) is 0.844.